The summed E-state index contributed by atoms with van der Waals surface area (Å²) in [5.41, 5.74) is 3.54. The van der Waals surface area contributed by atoms with E-state index in [0.29, 0.717) is 24.6 Å². The summed E-state index contributed by atoms with van der Waals surface area (Å²) in [4.78, 5) is 24.7. The van der Waals surface area contributed by atoms with Gasteiger partial charge in [0.1, 0.15) is 5.82 Å². The minimum absolute atomic E-state index is 0.0260. The summed E-state index contributed by atoms with van der Waals surface area (Å²) >= 11 is 0. The van der Waals surface area contributed by atoms with Crippen LogP contribution in [0, 0.1) is 13.8 Å². The second-order valence-electron chi connectivity index (χ2n) is 7.82. The highest BCUT2D eigenvalue weighted by Gasteiger charge is 2.35. The van der Waals surface area contributed by atoms with E-state index in [-0.39, 0.29) is 11.9 Å². The molecule has 0 spiro atoms. The van der Waals surface area contributed by atoms with Crippen LogP contribution in [0.2, 0.25) is 0 Å². The molecule has 6 heteroatoms. The third kappa shape index (κ3) is 2.71. The van der Waals surface area contributed by atoms with E-state index in [2.05, 4.69) is 23.1 Å². The molecule has 2 aromatic heterocycles. The van der Waals surface area contributed by atoms with Crippen LogP contribution in [-0.2, 0) is 6.54 Å². The molecular formula is C21H23N5O. The Bertz CT molecular complexity index is 1070. The summed E-state index contributed by atoms with van der Waals surface area (Å²) in [7, 11) is 0. The number of pyridine rings is 1. The van der Waals surface area contributed by atoms with Gasteiger partial charge in [-0.05, 0) is 51.8 Å². The molecule has 6 nitrogen and oxygen atoms in total. The Balaban J connectivity index is 1.50. The van der Waals surface area contributed by atoms with Crippen molar-refractivity contribution in [3.63, 3.8) is 0 Å². The Kier molecular flexibility index (Phi) is 3.57. The lowest BCUT2D eigenvalue weighted by Crippen LogP contribution is -2.41. The van der Waals surface area contributed by atoms with Gasteiger partial charge in [-0.15, -0.1) is 0 Å². The van der Waals surface area contributed by atoms with Crippen LogP contribution in [0.5, 0.6) is 0 Å². The molecule has 0 saturated heterocycles. The summed E-state index contributed by atoms with van der Waals surface area (Å²) < 4.78 is 1.98. The van der Waals surface area contributed by atoms with Crippen molar-refractivity contribution in [1.82, 2.24) is 24.6 Å². The van der Waals surface area contributed by atoms with Crippen molar-refractivity contribution in [3.8, 4) is 0 Å². The number of hydrogen-bond acceptors (Lipinski definition) is 4. The number of carbonyl (C=O) groups excluding carboxylic acids is 1. The van der Waals surface area contributed by atoms with E-state index in [9.17, 15) is 4.79 Å². The number of fused-ring (bicyclic) bond motifs is 2. The lowest BCUT2D eigenvalue weighted by molar-refractivity contribution is 0.0629. The molecule has 138 valence electrons. The summed E-state index contributed by atoms with van der Waals surface area (Å²) in [6, 6.07) is 8.04. The lowest BCUT2D eigenvalue weighted by atomic mass is 10.1. The standard InChI is InChI=1S/C21H23N5O/c1-12-4-7-18-16(10-12)11-17(13(2)22-18)21(27)25-8-9-26-20(14(25)3)23-19(24-26)15-5-6-15/h4,7,10-11,14-15H,5-6,8-9H2,1-3H3/t14-/m1/s1. The molecule has 3 aromatic rings. The zero-order valence-electron chi connectivity index (χ0n) is 15.9. The summed E-state index contributed by atoms with van der Waals surface area (Å²) in [5.74, 6) is 2.40. The Morgan fingerprint density at radius 3 is 2.70 bits per heavy atom. The molecule has 0 N–H and O–H groups in total. The molecule has 1 aliphatic heterocycles. The Morgan fingerprint density at radius 1 is 1.11 bits per heavy atom. The van der Waals surface area contributed by atoms with Gasteiger partial charge < -0.3 is 4.90 Å². The first-order valence-electron chi connectivity index (χ1n) is 9.65. The van der Waals surface area contributed by atoms with Crippen molar-refractivity contribution < 1.29 is 4.79 Å². The molecule has 2 aliphatic rings. The van der Waals surface area contributed by atoms with E-state index >= 15 is 0 Å². The van der Waals surface area contributed by atoms with E-state index in [1.54, 1.807) is 0 Å². The van der Waals surface area contributed by atoms with Crippen LogP contribution in [0.4, 0.5) is 0 Å². The molecule has 1 amide bonds. The molecule has 1 saturated carbocycles. The molecular weight excluding hydrogens is 338 g/mol. The molecule has 3 heterocycles. The number of aromatic nitrogens is 4. The van der Waals surface area contributed by atoms with E-state index in [4.69, 9.17) is 4.98 Å². The Morgan fingerprint density at radius 2 is 1.93 bits per heavy atom. The van der Waals surface area contributed by atoms with Crippen LogP contribution in [0.15, 0.2) is 24.3 Å². The van der Waals surface area contributed by atoms with Gasteiger partial charge in [0, 0.05) is 17.8 Å². The Hall–Kier alpha value is -2.76. The fraction of sp³-hybridized carbons (Fsp3) is 0.429. The molecule has 1 fully saturated rings. The first-order chi connectivity index (χ1) is 13.0. The predicted molar refractivity (Wildman–Crippen MR) is 103 cm³/mol. The zero-order chi connectivity index (χ0) is 18.7. The summed E-state index contributed by atoms with van der Waals surface area (Å²) in [6.07, 6.45) is 2.36. The zero-order valence-corrected chi connectivity index (χ0v) is 15.9. The van der Waals surface area contributed by atoms with Crippen molar-refractivity contribution in [3.05, 3.63) is 52.7 Å². The van der Waals surface area contributed by atoms with Gasteiger partial charge in [0.25, 0.3) is 5.91 Å². The second kappa shape index (κ2) is 5.87. The van der Waals surface area contributed by atoms with Crippen LogP contribution >= 0.6 is 0 Å². The number of amides is 1. The molecule has 1 aromatic carbocycles. The number of rotatable bonds is 2. The maximum atomic E-state index is 13.4. The maximum absolute atomic E-state index is 13.4. The van der Waals surface area contributed by atoms with E-state index in [1.165, 1.54) is 18.4 Å². The predicted octanol–water partition coefficient (Wildman–Crippen LogP) is 3.54. The molecule has 0 bridgehead atoms. The van der Waals surface area contributed by atoms with E-state index in [0.717, 1.165) is 28.2 Å². The van der Waals surface area contributed by atoms with Gasteiger partial charge in [0.15, 0.2) is 5.82 Å². The quantitative estimate of drug-likeness (QED) is 0.700. The van der Waals surface area contributed by atoms with Crippen molar-refractivity contribution in [2.45, 2.75) is 52.1 Å². The van der Waals surface area contributed by atoms with E-state index in [1.807, 2.05) is 41.6 Å². The fourth-order valence-corrected chi connectivity index (χ4v) is 3.94. The lowest BCUT2D eigenvalue weighted by Gasteiger charge is -2.33. The second-order valence-corrected chi connectivity index (χ2v) is 7.82. The number of benzene rings is 1. The van der Waals surface area contributed by atoms with Gasteiger partial charge in [0.05, 0.1) is 29.4 Å². The molecule has 0 radical (unpaired) electrons. The minimum atomic E-state index is -0.0844. The number of hydrogen-bond donors (Lipinski definition) is 0. The third-order valence-corrected chi connectivity index (χ3v) is 5.71. The third-order valence-electron chi connectivity index (χ3n) is 5.71. The molecule has 5 rings (SSSR count). The van der Waals surface area contributed by atoms with Crippen LogP contribution in [0.25, 0.3) is 10.9 Å². The van der Waals surface area contributed by atoms with Crippen molar-refractivity contribution in [2.24, 2.45) is 0 Å². The smallest absolute Gasteiger partial charge is 0.256 e. The van der Waals surface area contributed by atoms with Gasteiger partial charge in [0.2, 0.25) is 0 Å². The average Bonchev–Trinajstić information content (AvgIpc) is 3.40. The summed E-state index contributed by atoms with van der Waals surface area (Å²) in [5, 5.41) is 5.66. The van der Waals surface area contributed by atoms with E-state index < -0.39 is 0 Å². The van der Waals surface area contributed by atoms with Crippen molar-refractivity contribution in [1.29, 1.82) is 0 Å². The molecule has 1 aliphatic carbocycles. The highest BCUT2D eigenvalue weighted by molar-refractivity contribution is 5.99. The van der Waals surface area contributed by atoms with Gasteiger partial charge in [-0.25, -0.2) is 9.67 Å². The summed E-state index contributed by atoms with van der Waals surface area (Å²) in [6.45, 7) is 7.35. The largest absolute Gasteiger partial charge is 0.327 e. The number of nitrogens with zero attached hydrogens (tertiary/aromatic N) is 5. The SMILES string of the molecule is Cc1ccc2nc(C)c(C(=O)N3CCn4nc(C5CC5)nc4[C@H]3C)cc2c1. The van der Waals surface area contributed by atoms with Gasteiger partial charge in [-0.2, -0.15) is 5.10 Å². The Labute approximate surface area is 158 Å². The highest BCUT2D eigenvalue weighted by atomic mass is 16.2. The molecule has 1 atom stereocenters. The van der Waals surface area contributed by atoms with Crippen LogP contribution in [-0.4, -0.2) is 37.1 Å². The normalized spacial score (nSPS) is 19.4. The van der Waals surface area contributed by atoms with Gasteiger partial charge in [-0.3, -0.25) is 9.78 Å². The first-order valence-corrected chi connectivity index (χ1v) is 9.65. The number of aryl methyl sites for hydroxylation is 2. The maximum Gasteiger partial charge on any atom is 0.256 e. The van der Waals surface area contributed by atoms with Gasteiger partial charge in [-0.1, -0.05) is 11.6 Å². The fourth-order valence-electron chi connectivity index (χ4n) is 3.94. The first kappa shape index (κ1) is 16.4. The molecule has 27 heavy (non-hydrogen) atoms. The molecule has 0 unspecified atom stereocenters. The van der Waals surface area contributed by atoms with Crippen molar-refractivity contribution >= 4 is 16.8 Å². The van der Waals surface area contributed by atoms with Crippen molar-refractivity contribution in [2.75, 3.05) is 6.54 Å². The topological polar surface area (TPSA) is 63.9 Å². The minimum Gasteiger partial charge on any atom is -0.327 e. The monoisotopic (exact) mass is 361 g/mol. The average molecular weight is 361 g/mol. The highest BCUT2D eigenvalue weighted by Crippen LogP contribution is 2.39. The number of carbonyl (C=O) groups is 1. The van der Waals surface area contributed by atoms with Gasteiger partial charge >= 0.3 is 0 Å². The van der Waals surface area contributed by atoms with Crippen LogP contribution in [0.1, 0.15) is 65.0 Å². The van der Waals surface area contributed by atoms with Crippen LogP contribution in [0.3, 0.4) is 0 Å². The van der Waals surface area contributed by atoms with Crippen LogP contribution < -0.4 is 0 Å².